The summed E-state index contributed by atoms with van der Waals surface area (Å²) in [4.78, 5) is 14.4. The molecule has 3 heterocycles. The van der Waals surface area contributed by atoms with Gasteiger partial charge < -0.3 is 25.8 Å². The van der Waals surface area contributed by atoms with E-state index >= 15 is 0 Å². The maximum atomic E-state index is 6.61. The summed E-state index contributed by atoms with van der Waals surface area (Å²) in [6.45, 7) is 0.617. The summed E-state index contributed by atoms with van der Waals surface area (Å²) >= 11 is 0. The fourth-order valence-corrected chi connectivity index (χ4v) is 5.82. The highest BCUT2D eigenvalue weighted by molar-refractivity contribution is 5.85. The molecule has 0 spiro atoms. The number of benzene rings is 1. The Hall–Kier alpha value is -3.39. The van der Waals surface area contributed by atoms with Gasteiger partial charge in [-0.05, 0) is 42.9 Å². The quantitative estimate of drug-likeness (QED) is 0.345. The van der Waals surface area contributed by atoms with Crippen molar-refractivity contribution >= 4 is 22.9 Å². The molecule has 5 N–H and O–H groups in total. The molecule has 2 aliphatic carbocycles. The van der Waals surface area contributed by atoms with Gasteiger partial charge in [0.25, 0.3) is 0 Å². The summed E-state index contributed by atoms with van der Waals surface area (Å²) in [6, 6.07) is 10.9. The molecule has 1 aromatic carbocycles. The number of fused-ring (bicyclic) bond motifs is 1. The van der Waals surface area contributed by atoms with E-state index in [4.69, 9.17) is 25.9 Å². The highest BCUT2D eigenvalue weighted by atomic mass is 16.3. The summed E-state index contributed by atoms with van der Waals surface area (Å²) in [5, 5.41) is 3.49. The van der Waals surface area contributed by atoms with Crippen molar-refractivity contribution in [1.82, 2.24) is 19.5 Å². The molecule has 8 heteroatoms. The molecular weight excluding hydrogens is 438 g/mol. The largest absolute Gasteiger partial charge is 0.472 e. The van der Waals surface area contributed by atoms with Gasteiger partial charge in [-0.15, -0.1) is 0 Å². The Labute approximate surface area is 205 Å². The molecule has 2 saturated carbocycles. The van der Waals surface area contributed by atoms with Crippen LogP contribution in [0.2, 0.25) is 0 Å². The number of nitrogens with zero attached hydrogens (tertiary/aromatic N) is 4. The van der Waals surface area contributed by atoms with Crippen LogP contribution in [0.1, 0.15) is 74.7 Å². The first kappa shape index (κ1) is 22.1. The van der Waals surface area contributed by atoms with Gasteiger partial charge in [-0.1, -0.05) is 49.9 Å². The van der Waals surface area contributed by atoms with Gasteiger partial charge in [0.15, 0.2) is 17.0 Å². The minimum atomic E-state index is 0.135. The van der Waals surface area contributed by atoms with Crippen LogP contribution >= 0.6 is 0 Å². The zero-order chi connectivity index (χ0) is 23.8. The van der Waals surface area contributed by atoms with Crippen molar-refractivity contribution in [2.75, 3.05) is 11.1 Å². The number of imidazole rings is 1. The maximum absolute atomic E-state index is 6.61. The van der Waals surface area contributed by atoms with Crippen molar-refractivity contribution in [2.24, 2.45) is 5.73 Å². The average Bonchev–Trinajstić information content (AvgIpc) is 3.64. The smallest absolute Gasteiger partial charge is 0.224 e. The Morgan fingerprint density at radius 1 is 0.914 bits per heavy atom. The van der Waals surface area contributed by atoms with Crippen molar-refractivity contribution in [3.05, 3.63) is 54.2 Å². The van der Waals surface area contributed by atoms with Crippen LogP contribution in [0.4, 0.5) is 11.8 Å². The zero-order valence-corrected chi connectivity index (χ0v) is 20.0. The van der Waals surface area contributed by atoms with Crippen molar-refractivity contribution in [3.8, 4) is 11.1 Å². The lowest BCUT2D eigenvalue weighted by molar-refractivity contribution is 0.354. The molecule has 0 aliphatic heterocycles. The molecule has 0 bridgehead atoms. The van der Waals surface area contributed by atoms with Crippen LogP contribution in [0, 0.1) is 0 Å². The number of nitrogens with two attached hydrogens (primary N) is 2. The molecule has 0 amide bonds. The van der Waals surface area contributed by atoms with Gasteiger partial charge in [-0.25, -0.2) is 4.98 Å². The van der Waals surface area contributed by atoms with Crippen LogP contribution in [-0.2, 0) is 6.54 Å². The van der Waals surface area contributed by atoms with Crippen LogP contribution < -0.4 is 16.8 Å². The maximum Gasteiger partial charge on any atom is 0.224 e. The fourth-order valence-electron chi connectivity index (χ4n) is 5.82. The molecule has 2 unspecified atom stereocenters. The van der Waals surface area contributed by atoms with Crippen molar-refractivity contribution < 1.29 is 4.42 Å². The molecule has 182 valence electrons. The molecule has 6 rings (SSSR count). The number of nitrogens with one attached hydrogen (secondary N) is 1. The van der Waals surface area contributed by atoms with E-state index in [9.17, 15) is 0 Å². The Bertz CT molecular complexity index is 1290. The second-order valence-electron chi connectivity index (χ2n) is 10.00. The molecule has 8 nitrogen and oxygen atoms in total. The van der Waals surface area contributed by atoms with E-state index in [1.165, 1.54) is 25.7 Å². The average molecular weight is 472 g/mol. The highest BCUT2D eigenvalue weighted by Crippen LogP contribution is 2.40. The predicted molar refractivity (Wildman–Crippen MR) is 138 cm³/mol. The van der Waals surface area contributed by atoms with Crippen LogP contribution in [0.25, 0.3) is 22.3 Å². The lowest BCUT2D eigenvalue weighted by atomic mass is 9.84. The van der Waals surface area contributed by atoms with E-state index in [0.29, 0.717) is 18.4 Å². The van der Waals surface area contributed by atoms with Gasteiger partial charge in [0, 0.05) is 30.1 Å². The van der Waals surface area contributed by atoms with Crippen molar-refractivity contribution in [1.29, 1.82) is 0 Å². The Balaban J connectivity index is 1.34. The number of anilines is 2. The number of rotatable bonds is 6. The first-order chi connectivity index (χ1) is 17.2. The standard InChI is InChI=1S/C27H33N7O/c28-22-8-4-3-7-21(22)25-31-23-24(32-27(29)33-26(23)34(25)20-5-1-2-6-20)30-15-17-9-11-18(12-10-17)19-13-14-35-16-19/h9-14,16,20-22H,1-8,15,28H2,(H3,29,30,32,33). The minimum Gasteiger partial charge on any atom is -0.472 e. The van der Waals surface area contributed by atoms with E-state index in [1.807, 2.05) is 6.07 Å². The monoisotopic (exact) mass is 471 g/mol. The number of hydrogen-bond acceptors (Lipinski definition) is 7. The summed E-state index contributed by atoms with van der Waals surface area (Å²) in [5.74, 6) is 2.29. The summed E-state index contributed by atoms with van der Waals surface area (Å²) < 4.78 is 7.56. The van der Waals surface area contributed by atoms with Crippen LogP contribution in [0.15, 0.2) is 47.3 Å². The molecule has 2 aliphatic rings. The second kappa shape index (κ2) is 9.34. The van der Waals surface area contributed by atoms with Gasteiger partial charge in [0.05, 0.1) is 12.5 Å². The number of aromatic nitrogens is 4. The third-order valence-corrected chi connectivity index (χ3v) is 7.69. The van der Waals surface area contributed by atoms with Gasteiger partial charge in [-0.3, -0.25) is 0 Å². The lowest BCUT2D eigenvalue weighted by Gasteiger charge is -2.29. The van der Waals surface area contributed by atoms with Crippen molar-refractivity contribution in [2.45, 2.75) is 75.9 Å². The summed E-state index contributed by atoms with van der Waals surface area (Å²) in [6.07, 6.45) is 12.7. The third-order valence-electron chi connectivity index (χ3n) is 7.69. The zero-order valence-electron chi connectivity index (χ0n) is 20.0. The van der Waals surface area contributed by atoms with Crippen LogP contribution in [0.3, 0.4) is 0 Å². The van der Waals surface area contributed by atoms with Crippen molar-refractivity contribution in [3.63, 3.8) is 0 Å². The number of nitrogen functional groups attached to an aromatic ring is 1. The summed E-state index contributed by atoms with van der Waals surface area (Å²) in [7, 11) is 0. The first-order valence-electron chi connectivity index (χ1n) is 12.8. The number of hydrogen-bond donors (Lipinski definition) is 3. The molecule has 3 aromatic heterocycles. The molecule has 4 aromatic rings. The van der Waals surface area contributed by atoms with Gasteiger partial charge >= 0.3 is 0 Å². The SMILES string of the molecule is Nc1nc(NCc2ccc(-c3ccoc3)cc2)c2nc(C3CCCCC3N)n(C3CCCC3)c2n1. The summed E-state index contributed by atoms with van der Waals surface area (Å²) in [5.41, 5.74) is 17.8. The van der Waals surface area contributed by atoms with Gasteiger partial charge in [0.2, 0.25) is 5.95 Å². The van der Waals surface area contributed by atoms with Crippen LogP contribution in [0.5, 0.6) is 0 Å². The van der Waals surface area contributed by atoms with E-state index in [2.05, 4.69) is 39.1 Å². The molecule has 0 saturated heterocycles. The van der Waals surface area contributed by atoms with Gasteiger partial charge in [-0.2, -0.15) is 9.97 Å². The van der Waals surface area contributed by atoms with E-state index in [0.717, 1.165) is 59.4 Å². The predicted octanol–water partition coefficient (Wildman–Crippen LogP) is 5.38. The molecule has 2 fully saturated rings. The third kappa shape index (κ3) is 4.27. The molecule has 2 atom stereocenters. The van der Waals surface area contributed by atoms with Gasteiger partial charge in [0.1, 0.15) is 5.82 Å². The Kier molecular flexibility index (Phi) is 5.90. The topological polar surface area (TPSA) is 121 Å². The fraction of sp³-hybridized carbons (Fsp3) is 0.444. The minimum absolute atomic E-state index is 0.135. The first-order valence-corrected chi connectivity index (χ1v) is 12.8. The Morgan fingerprint density at radius 3 is 2.43 bits per heavy atom. The molecular formula is C27H33N7O. The lowest BCUT2D eigenvalue weighted by Crippen LogP contribution is -2.33. The second-order valence-corrected chi connectivity index (χ2v) is 10.00. The normalized spacial score (nSPS) is 21.1. The van der Waals surface area contributed by atoms with E-state index in [-0.39, 0.29) is 17.9 Å². The molecule has 35 heavy (non-hydrogen) atoms. The Morgan fingerprint density at radius 2 is 1.69 bits per heavy atom. The van der Waals surface area contributed by atoms with E-state index < -0.39 is 0 Å². The highest BCUT2D eigenvalue weighted by Gasteiger charge is 2.33. The van der Waals surface area contributed by atoms with E-state index in [1.54, 1.807) is 12.5 Å². The van der Waals surface area contributed by atoms with Crippen LogP contribution in [-0.4, -0.2) is 25.6 Å². The number of furan rings is 1. The molecule has 0 radical (unpaired) electrons.